The number of urea groups is 1. The Labute approximate surface area is 183 Å². The molecule has 3 atom stereocenters. The van der Waals surface area contributed by atoms with Crippen LogP contribution in [0.1, 0.15) is 43.0 Å². The molecule has 2 amide bonds. The van der Waals surface area contributed by atoms with Crippen molar-refractivity contribution in [2.45, 2.75) is 38.8 Å². The molecule has 0 radical (unpaired) electrons. The number of methoxy groups -OCH3 is 2. The number of fused-ring (bicyclic) bond motifs is 1. The van der Waals surface area contributed by atoms with E-state index in [0.717, 1.165) is 16.7 Å². The molecule has 7 nitrogen and oxygen atoms in total. The predicted molar refractivity (Wildman–Crippen MR) is 118 cm³/mol. The van der Waals surface area contributed by atoms with Crippen molar-refractivity contribution in [3.8, 4) is 11.5 Å². The Morgan fingerprint density at radius 2 is 1.81 bits per heavy atom. The summed E-state index contributed by atoms with van der Waals surface area (Å²) in [7, 11) is 3.18. The highest BCUT2D eigenvalue weighted by molar-refractivity contribution is 5.83. The van der Waals surface area contributed by atoms with Crippen molar-refractivity contribution in [1.29, 1.82) is 0 Å². The number of carboxylic acid groups (broad SMARTS) is 1. The Morgan fingerprint density at radius 1 is 1.16 bits per heavy atom. The van der Waals surface area contributed by atoms with Crippen LogP contribution >= 0.6 is 0 Å². The maximum Gasteiger partial charge on any atom is 0.326 e. The molecule has 2 aromatic rings. The van der Waals surface area contributed by atoms with E-state index in [4.69, 9.17) is 9.47 Å². The lowest BCUT2D eigenvalue weighted by atomic mass is 9.87. The van der Waals surface area contributed by atoms with E-state index >= 15 is 0 Å². The van der Waals surface area contributed by atoms with Crippen LogP contribution in [0.4, 0.5) is 4.79 Å². The van der Waals surface area contributed by atoms with Crippen LogP contribution in [-0.4, -0.2) is 48.8 Å². The molecular weight excluding hydrogens is 396 g/mol. The van der Waals surface area contributed by atoms with Gasteiger partial charge in [-0.25, -0.2) is 9.59 Å². The third kappa shape index (κ3) is 4.60. The molecule has 1 heterocycles. The van der Waals surface area contributed by atoms with Gasteiger partial charge in [-0.3, -0.25) is 0 Å². The number of nitrogens with zero attached hydrogens (tertiary/aromatic N) is 1. The van der Waals surface area contributed by atoms with E-state index in [9.17, 15) is 14.7 Å². The van der Waals surface area contributed by atoms with Gasteiger partial charge in [-0.1, -0.05) is 50.6 Å². The number of carboxylic acids is 1. The summed E-state index contributed by atoms with van der Waals surface area (Å²) < 4.78 is 11.0. The van der Waals surface area contributed by atoms with Gasteiger partial charge in [0.2, 0.25) is 0 Å². The molecule has 0 aromatic heterocycles. The quantitative estimate of drug-likeness (QED) is 0.702. The first-order chi connectivity index (χ1) is 14.9. The second kappa shape index (κ2) is 9.73. The van der Waals surface area contributed by atoms with E-state index in [2.05, 4.69) is 5.32 Å². The highest BCUT2D eigenvalue weighted by Crippen LogP contribution is 2.41. The number of aliphatic carboxylic acids is 1. The second-order valence-electron chi connectivity index (χ2n) is 7.81. The molecule has 0 bridgehead atoms. The summed E-state index contributed by atoms with van der Waals surface area (Å²) in [5.41, 5.74) is 2.97. The summed E-state index contributed by atoms with van der Waals surface area (Å²) in [6.07, 6.45) is 1.28. The molecule has 0 spiro atoms. The van der Waals surface area contributed by atoms with Crippen molar-refractivity contribution in [3.05, 3.63) is 59.2 Å². The van der Waals surface area contributed by atoms with Crippen molar-refractivity contribution < 1.29 is 24.2 Å². The Morgan fingerprint density at radius 3 is 2.39 bits per heavy atom. The topological polar surface area (TPSA) is 88.1 Å². The summed E-state index contributed by atoms with van der Waals surface area (Å²) >= 11 is 0. The van der Waals surface area contributed by atoms with Gasteiger partial charge in [0.25, 0.3) is 0 Å². The van der Waals surface area contributed by atoms with Gasteiger partial charge in [0, 0.05) is 6.54 Å². The van der Waals surface area contributed by atoms with E-state index < -0.39 is 12.0 Å². The van der Waals surface area contributed by atoms with Gasteiger partial charge in [0.1, 0.15) is 6.04 Å². The fourth-order valence-electron chi connectivity index (χ4n) is 4.06. The first-order valence-corrected chi connectivity index (χ1v) is 10.5. The highest BCUT2D eigenvalue weighted by Gasteiger charge is 2.35. The first kappa shape index (κ1) is 22.5. The standard InChI is InChI=1S/C24H30N2O5/c1-5-15(2)21(23(27)28)25-24(29)26-12-11-17-13-19(30-3)20(31-4)14-18(17)22(26)16-9-7-6-8-10-16/h6-10,13-15,21-22H,5,11-12H2,1-4H3,(H,25,29)(H,27,28)/t15-,21-,22+/m0/s1. The lowest BCUT2D eigenvalue weighted by Gasteiger charge is -2.39. The number of amides is 2. The fourth-order valence-corrected chi connectivity index (χ4v) is 4.06. The molecule has 0 unspecified atom stereocenters. The van der Waals surface area contributed by atoms with Crippen LogP contribution < -0.4 is 14.8 Å². The van der Waals surface area contributed by atoms with E-state index in [1.807, 2.05) is 56.3 Å². The number of nitrogens with one attached hydrogen (secondary N) is 1. The van der Waals surface area contributed by atoms with Crippen LogP contribution in [0.25, 0.3) is 0 Å². The summed E-state index contributed by atoms with van der Waals surface area (Å²) in [5, 5.41) is 12.4. The molecule has 0 aliphatic carbocycles. The number of carbonyl (C=O) groups is 2. The van der Waals surface area contributed by atoms with E-state index in [0.29, 0.717) is 30.9 Å². The number of rotatable bonds is 7. The van der Waals surface area contributed by atoms with Gasteiger partial charge in [0.05, 0.1) is 20.3 Å². The minimum Gasteiger partial charge on any atom is -0.493 e. The van der Waals surface area contributed by atoms with Crippen LogP contribution in [0, 0.1) is 5.92 Å². The molecule has 1 aliphatic rings. The molecular formula is C24H30N2O5. The summed E-state index contributed by atoms with van der Waals surface area (Å²) in [6.45, 7) is 4.20. The van der Waals surface area contributed by atoms with Crippen molar-refractivity contribution in [2.75, 3.05) is 20.8 Å². The second-order valence-corrected chi connectivity index (χ2v) is 7.81. The zero-order chi connectivity index (χ0) is 22.5. The number of hydrogen-bond acceptors (Lipinski definition) is 4. The monoisotopic (exact) mass is 426 g/mol. The number of benzene rings is 2. The maximum atomic E-state index is 13.3. The van der Waals surface area contributed by atoms with Crippen LogP contribution in [0.3, 0.4) is 0 Å². The van der Waals surface area contributed by atoms with Gasteiger partial charge in [-0.2, -0.15) is 0 Å². The SMILES string of the molecule is CC[C@H](C)[C@H](NC(=O)N1CCc2cc(OC)c(OC)cc2[C@H]1c1ccccc1)C(=O)O. The van der Waals surface area contributed by atoms with Gasteiger partial charge in [0.15, 0.2) is 11.5 Å². The number of hydrogen-bond donors (Lipinski definition) is 2. The van der Waals surface area contributed by atoms with Gasteiger partial charge < -0.3 is 24.8 Å². The fraction of sp³-hybridized carbons (Fsp3) is 0.417. The summed E-state index contributed by atoms with van der Waals surface area (Å²) in [5.74, 6) is 0.0296. The molecule has 2 aromatic carbocycles. The van der Waals surface area contributed by atoms with Crippen molar-refractivity contribution in [1.82, 2.24) is 10.2 Å². The van der Waals surface area contributed by atoms with Crippen LogP contribution in [-0.2, 0) is 11.2 Å². The minimum absolute atomic E-state index is 0.182. The molecule has 0 saturated carbocycles. The number of ether oxygens (including phenoxy) is 2. The Balaban J connectivity index is 2.03. The largest absolute Gasteiger partial charge is 0.493 e. The van der Waals surface area contributed by atoms with Crippen molar-refractivity contribution in [2.24, 2.45) is 5.92 Å². The van der Waals surface area contributed by atoms with E-state index in [-0.39, 0.29) is 18.0 Å². The average molecular weight is 427 g/mol. The molecule has 0 saturated heterocycles. The Kier molecular flexibility index (Phi) is 7.05. The lowest BCUT2D eigenvalue weighted by molar-refractivity contribution is -0.140. The highest BCUT2D eigenvalue weighted by atomic mass is 16.5. The minimum atomic E-state index is -1.03. The number of carbonyl (C=O) groups excluding carboxylic acids is 1. The predicted octanol–water partition coefficient (Wildman–Crippen LogP) is 3.86. The normalized spacial score (nSPS) is 17.3. The van der Waals surface area contributed by atoms with Crippen LogP contribution in [0.5, 0.6) is 11.5 Å². The molecule has 3 rings (SSSR count). The van der Waals surface area contributed by atoms with Gasteiger partial charge in [-0.15, -0.1) is 0 Å². The molecule has 2 N–H and O–H groups in total. The Bertz CT molecular complexity index is 931. The van der Waals surface area contributed by atoms with Crippen molar-refractivity contribution >= 4 is 12.0 Å². The molecule has 31 heavy (non-hydrogen) atoms. The smallest absolute Gasteiger partial charge is 0.326 e. The molecule has 166 valence electrons. The molecule has 7 heteroatoms. The zero-order valence-corrected chi connectivity index (χ0v) is 18.4. The Hall–Kier alpha value is -3.22. The summed E-state index contributed by atoms with van der Waals surface area (Å²) in [4.78, 5) is 26.8. The first-order valence-electron chi connectivity index (χ1n) is 10.5. The third-order valence-corrected chi connectivity index (χ3v) is 6.01. The average Bonchev–Trinajstić information content (AvgIpc) is 2.80. The molecule has 1 aliphatic heterocycles. The van der Waals surface area contributed by atoms with Crippen molar-refractivity contribution in [3.63, 3.8) is 0 Å². The molecule has 0 fully saturated rings. The maximum absolute atomic E-state index is 13.3. The summed E-state index contributed by atoms with van der Waals surface area (Å²) in [6, 6.07) is 11.9. The van der Waals surface area contributed by atoms with Gasteiger partial charge >= 0.3 is 12.0 Å². The zero-order valence-electron chi connectivity index (χ0n) is 18.4. The van der Waals surface area contributed by atoms with Crippen LogP contribution in [0.15, 0.2) is 42.5 Å². The lowest BCUT2D eigenvalue weighted by Crippen LogP contribution is -2.53. The van der Waals surface area contributed by atoms with Crippen LogP contribution in [0.2, 0.25) is 0 Å². The van der Waals surface area contributed by atoms with E-state index in [1.165, 1.54) is 0 Å². The third-order valence-electron chi connectivity index (χ3n) is 6.01. The van der Waals surface area contributed by atoms with E-state index in [1.54, 1.807) is 19.1 Å². The van der Waals surface area contributed by atoms with Gasteiger partial charge in [-0.05, 0) is 41.2 Å².